The summed E-state index contributed by atoms with van der Waals surface area (Å²) in [5, 5.41) is 5.88. The molecule has 0 fully saturated rings. The van der Waals surface area contributed by atoms with Gasteiger partial charge in [-0.3, -0.25) is 4.57 Å². The number of nitrogens with zero attached hydrogens (tertiary/aromatic N) is 5. The van der Waals surface area contributed by atoms with Gasteiger partial charge in [-0.2, -0.15) is 18.7 Å². The normalized spacial score (nSPS) is 11.8. The van der Waals surface area contributed by atoms with Gasteiger partial charge >= 0.3 is 6.61 Å². The number of fused-ring (bicyclic) bond motifs is 1. The van der Waals surface area contributed by atoms with Crippen molar-refractivity contribution in [3.63, 3.8) is 0 Å². The highest BCUT2D eigenvalue weighted by atomic mass is 35.5. The van der Waals surface area contributed by atoms with E-state index in [-0.39, 0.29) is 38.5 Å². The predicted molar refractivity (Wildman–Crippen MR) is 112 cm³/mol. The number of rotatable bonds is 7. The summed E-state index contributed by atoms with van der Waals surface area (Å²) in [5.74, 6) is -1.46. The van der Waals surface area contributed by atoms with Gasteiger partial charge in [0.15, 0.2) is 0 Å². The number of sulfonamides is 1. The van der Waals surface area contributed by atoms with E-state index in [1.165, 1.54) is 49.6 Å². The molecule has 0 aliphatic carbocycles. The molecular weight excluding hydrogens is 486 g/mol. The van der Waals surface area contributed by atoms with Crippen LogP contribution in [0.2, 0.25) is 5.02 Å². The summed E-state index contributed by atoms with van der Waals surface area (Å²) in [4.78, 5) is 12.0. The van der Waals surface area contributed by atoms with E-state index in [9.17, 15) is 17.2 Å². The molecule has 3 heterocycles. The van der Waals surface area contributed by atoms with E-state index in [0.29, 0.717) is 5.69 Å². The lowest BCUT2D eigenvalue weighted by molar-refractivity contribution is -0.0534. The van der Waals surface area contributed by atoms with Crippen molar-refractivity contribution in [1.82, 2.24) is 24.1 Å². The lowest BCUT2D eigenvalue weighted by Crippen LogP contribution is -2.12. The van der Waals surface area contributed by atoms with E-state index < -0.39 is 22.4 Å². The Balaban J connectivity index is 2.11. The van der Waals surface area contributed by atoms with Crippen molar-refractivity contribution < 1.29 is 31.4 Å². The summed E-state index contributed by atoms with van der Waals surface area (Å²) in [6, 6.07) is 2.97. The molecule has 15 heteroatoms. The largest absolute Gasteiger partial charge is 0.478 e. The smallest absolute Gasteiger partial charge is 0.387 e. The maximum absolute atomic E-state index is 12.9. The van der Waals surface area contributed by atoms with Crippen LogP contribution in [-0.2, 0) is 10.0 Å². The summed E-state index contributed by atoms with van der Waals surface area (Å²) in [6.45, 7) is -3.20. The third kappa shape index (κ3) is 4.03. The second kappa shape index (κ2) is 8.46. The molecule has 1 aromatic carbocycles. The maximum atomic E-state index is 12.9. The molecule has 2 N–H and O–H groups in total. The van der Waals surface area contributed by atoms with Crippen LogP contribution >= 0.6 is 11.6 Å². The number of halogens is 3. The van der Waals surface area contributed by atoms with Crippen molar-refractivity contribution in [3.8, 4) is 29.1 Å². The van der Waals surface area contributed by atoms with Crippen LogP contribution in [0, 0.1) is 0 Å². The molecule has 174 valence electrons. The Morgan fingerprint density at radius 3 is 2.33 bits per heavy atom. The minimum Gasteiger partial charge on any atom is -0.478 e. The van der Waals surface area contributed by atoms with Crippen molar-refractivity contribution in [2.24, 2.45) is 5.14 Å². The molecule has 0 amide bonds. The molecular formula is C18H15ClF2N6O5S. The molecule has 0 atom stereocenters. The van der Waals surface area contributed by atoms with Crippen LogP contribution in [0.1, 0.15) is 0 Å². The summed E-state index contributed by atoms with van der Waals surface area (Å²) in [5.41, 5.74) is 0.590. The van der Waals surface area contributed by atoms with Crippen LogP contribution < -0.4 is 19.3 Å². The number of hydrogen-bond donors (Lipinski definition) is 1. The number of aromatic nitrogens is 5. The second-order valence-corrected chi connectivity index (χ2v) is 8.36. The van der Waals surface area contributed by atoms with Gasteiger partial charge in [-0.15, -0.1) is 0 Å². The fourth-order valence-corrected chi connectivity index (χ4v) is 4.22. The molecule has 0 radical (unpaired) electrons. The van der Waals surface area contributed by atoms with Crippen molar-refractivity contribution in [2.45, 2.75) is 11.5 Å². The Kier molecular flexibility index (Phi) is 5.82. The van der Waals surface area contributed by atoms with Crippen LogP contribution in [0.3, 0.4) is 0 Å². The first kappa shape index (κ1) is 22.7. The monoisotopic (exact) mass is 500 g/mol. The van der Waals surface area contributed by atoms with Gasteiger partial charge in [-0.25, -0.2) is 18.5 Å². The Labute approximate surface area is 190 Å². The average Bonchev–Trinajstić information content (AvgIpc) is 3.41. The third-order valence-electron chi connectivity index (χ3n) is 4.52. The number of primary sulfonamides is 1. The highest BCUT2D eigenvalue weighted by molar-refractivity contribution is 7.89. The van der Waals surface area contributed by atoms with Gasteiger partial charge in [-0.1, -0.05) is 11.6 Å². The summed E-state index contributed by atoms with van der Waals surface area (Å²) in [7, 11) is -1.84. The van der Waals surface area contributed by atoms with Gasteiger partial charge in [-0.05, 0) is 12.1 Å². The molecule has 0 bridgehead atoms. The van der Waals surface area contributed by atoms with Gasteiger partial charge in [0.05, 0.1) is 36.8 Å². The zero-order valence-corrected chi connectivity index (χ0v) is 18.5. The van der Waals surface area contributed by atoms with Gasteiger partial charge in [0.25, 0.3) is 11.8 Å². The molecule has 4 aromatic rings. The summed E-state index contributed by atoms with van der Waals surface area (Å²) >= 11 is 6.44. The van der Waals surface area contributed by atoms with Crippen LogP contribution in [0.25, 0.3) is 22.5 Å². The van der Waals surface area contributed by atoms with E-state index in [2.05, 4.69) is 19.7 Å². The molecule has 0 saturated carbocycles. The number of methoxy groups -OCH3 is 2. The number of hydrogen-bond acceptors (Lipinski definition) is 8. The topological polar surface area (TPSA) is 136 Å². The second-order valence-electron chi connectivity index (χ2n) is 6.42. The first-order valence-corrected chi connectivity index (χ1v) is 10.9. The highest BCUT2D eigenvalue weighted by Gasteiger charge is 2.27. The molecule has 33 heavy (non-hydrogen) atoms. The van der Waals surface area contributed by atoms with Gasteiger partial charge in [0.1, 0.15) is 4.90 Å². The van der Waals surface area contributed by atoms with Crippen LogP contribution in [0.5, 0.6) is 17.5 Å². The molecule has 0 unspecified atom stereocenters. The van der Waals surface area contributed by atoms with Crippen LogP contribution in [0.15, 0.2) is 41.9 Å². The molecule has 0 spiro atoms. The Morgan fingerprint density at radius 2 is 1.82 bits per heavy atom. The van der Waals surface area contributed by atoms with Crippen LogP contribution in [-0.4, -0.2) is 53.3 Å². The third-order valence-corrected chi connectivity index (χ3v) is 5.77. The molecule has 11 nitrogen and oxygen atoms in total. The fourth-order valence-electron chi connectivity index (χ4n) is 3.24. The van der Waals surface area contributed by atoms with Gasteiger partial charge < -0.3 is 18.8 Å². The molecule has 3 aromatic heterocycles. The molecule has 0 aliphatic heterocycles. The number of nitrogens with two attached hydrogens (primary N) is 1. The van der Waals surface area contributed by atoms with Crippen molar-refractivity contribution in [3.05, 3.63) is 42.1 Å². The summed E-state index contributed by atoms with van der Waals surface area (Å²) in [6.07, 6.45) is 5.73. The van der Waals surface area contributed by atoms with E-state index >= 15 is 0 Å². The van der Waals surface area contributed by atoms with Gasteiger partial charge in [0, 0.05) is 24.0 Å². The Hall–Kier alpha value is -3.49. The van der Waals surface area contributed by atoms with Crippen molar-refractivity contribution in [1.29, 1.82) is 0 Å². The van der Waals surface area contributed by atoms with E-state index in [4.69, 9.17) is 26.2 Å². The first-order chi connectivity index (χ1) is 15.7. The van der Waals surface area contributed by atoms with Crippen LogP contribution in [0.4, 0.5) is 8.78 Å². The zero-order chi connectivity index (χ0) is 23.9. The average molecular weight is 501 g/mol. The quantitative estimate of drug-likeness (QED) is 0.409. The van der Waals surface area contributed by atoms with E-state index in [1.807, 2.05) is 0 Å². The number of ether oxygens (including phenoxy) is 3. The van der Waals surface area contributed by atoms with E-state index in [1.54, 1.807) is 10.8 Å². The molecule has 4 rings (SSSR count). The fraction of sp³-hybridized carbons (Fsp3) is 0.167. The van der Waals surface area contributed by atoms with E-state index in [0.717, 1.165) is 0 Å². The maximum Gasteiger partial charge on any atom is 0.387 e. The lowest BCUT2D eigenvalue weighted by Gasteiger charge is -2.15. The number of imidazole rings is 1. The van der Waals surface area contributed by atoms with Crippen molar-refractivity contribution >= 4 is 32.5 Å². The zero-order valence-electron chi connectivity index (χ0n) is 16.9. The lowest BCUT2D eigenvalue weighted by atomic mass is 10.2. The highest BCUT2D eigenvalue weighted by Crippen LogP contribution is 2.39. The first-order valence-electron chi connectivity index (χ1n) is 8.95. The van der Waals surface area contributed by atoms with Crippen molar-refractivity contribution in [2.75, 3.05) is 14.2 Å². The predicted octanol–water partition coefficient (Wildman–Crippen LogP) is 2.53. The molecule has 0 aliphatic rings. The minimum absolute atomic E-state index is 0.186. The SMILES string of the molecule is COc1nc(-n2cc(S(N)(=O)=O)c3ccc(Cl)c(-n4ccnc4)c32)nc(OC)c1OC(F)F. The summed E-state index contributed by atoms with van der Waals surface area (Å²) < 4.78 is 67.8. The van der Waals surface area contributed by atoms with Gasteiger partial charge in [0.2, 0.25) is 21.7 Å². The molecule has 0 saturated heterocycles. The standard InChI is InChI=1S/C18H15ClF2N6O5S/c1-30-15-14(32-17(20)21)16(31-2)25-18(24-15)27-7-11(33(22,28)29)9-3-4-10(19)13(12(9)27)26-6-5-23-8-26/h3-8,17H,1-2H3,(H2,22,28,29). The Bertz CT molecular complexity index is 1420. The minimum atomic E-state index is -4.20. The number of benzene rings is 1. The number of alkyl halides is 2. The Morgan fingerprint density at radius 1 is 1.15 bits per heavy atom.